The van der Waals surface area contributed by atoms with E-state index in [1.807, 2.05) is 53.3 Å². The van der Waals surface area contributed by atoms with Crippen molar-refractivity contribution in [2.75, 3.05) is 20.2 Å². The van der Waals surface area contributed by atoms with Gasteiger partial charge >= 0.3 is 0 Å². The predicted octanol–water partition coefficient (Wildman–Crippen LogP) is 3.41. The molecule has 0 radical (unpaired) electrons. The molecule has 26 heavy (non-hydrogen) atoms. The van der Waals surface area contributed by atoms with Crippen LogP contribution in [0.25, 0.3) is 11.3 Å². The number of nitrogens with zero attached hydrogens (tertiary/aromatic N) is 4. The molecular weight excluding hydrogens is 396 g/mol. The molecule has 0 saturated carbocycles. The quantitative estimate of drug-likeness (QED) is 0.658. The van der Waals surface area contributed by atoms with Crippen molar-refractivity contribution in [3.8, 4) is 17.0 Å². The third kappa shape index (κ3) is 3.10. The number of rotatable bonds is 4. The second kappa shape index (κ2) is 6.92. The molecule has 2 aromatic carbocycles. The van der Waals surface area contributed by atoms with Crippen LogP contribution in [-0.2, 0) is 0 Å². The summed E-state index contributed by atoms with van der Waals surface area (Å²) in [6.07, 6.45) is 1.93. The maximum absolute atomic E-state index is 12.7. The second-order valence-electron chi connectivity index (χ2n) is 6.16. The third-order valence-corrected chi connectivity index (χ3v) is 5.20. The number of hydrogen-bond donors (Lipinski definition) is 0. The van der Waals surface area contributed by atoms with E-state index in [2.05, 4.69) is 26.2 Å². The van der Waals surface area contributed by atoms with Crippen molar-refractivity contribution in [1.82, 2.24) is 19.9 Å². The number of amides is 1. The van der Waals surface area contributed by atoms with Gasteiger partial charge in [0, 0.05) is 23.1 Å². The molecular formula is C19H17BrN4O2. The first-order valence-electron chi connectivity index (χ1n) is 8.26. The van der Waals surface area contributed by atoms with E-state index in [1.165, 1.54) is 0 Å². The molecule has 2 heterocycles. The molecule has 4 rings (SSSR count). The first kappa shape index (κ1) is 16.8. The van der Waals surface area contributed by atoms with Crippen molar-refractivity contribution in [2.45, 2.75) is 6.04 Å². The average molecular weight is 413 g/mol. The predicted molar refractivity (Wildman–Crippen MR) is 101 cm³/mol. The van der Waals surface area contributed by atoms with Gasteiger partial charge in [-0.2, -0.15) is 0 Å². The molecule has 7 heteroatoms. The van der Waals surface area contributed by atoms with Gasteiger partial charge in [0.1, 0.15) is 11.4 Å². The number of likely N-dealkylation sites (tertiary alicyclic amines) is 1. The Hall–Kier alpha value is -2.67. The van der Waals surface area contributed by atoms with Crippen LogP contribution in [0.5, 0.6) is 5.75 Å². The Labute approximate surface area is 159 Å². The number of halogens is 1. The summed E-state index contributed by atoms with van der Waals surface area (Å²) in [4.78, 5) is 14.5. The maximum atomic E-state index is 12.7. The Morgan fingerprint density at radius 2 is 1.96 bits per heavy atom. The van der Waals surface area contributed by atoms with Gasteiger partial charge in [-0.15, -0.1) is 5.10 Å². The molecule has 0 spiro atoms. The van der Waals surface area contributed by atoms with Gasteiger partial charge in [0.15, 0.2) is 0 Å². The topological polar surface area (TPSA) is 60.2 Å². The summed E-state index contributed by atoms with van der Waals surface area (Å²) in [7, 11) is 1.59. The zero-order valence-corrected chi connectivity index (χ0v) is 15.8. The van der Waals surface area contributed by atoms with Gasteiger partial charge < -0.3 is 9.64 Å². The van der Waals surface area contributed by atoms with Crippen LogP contribution in [0, 0.1) is 0 Å². The number of methoxy groups -OCH3 is 1. The lowest BCUT2D eigenvalue weighted by Crippen LogP contribution is -2.51. The van der Waals surface area contributed by atoms with Gasteiger partial charge in [-0.25, -0.2) is 4.68 Å². The van der Waals surface area contributed by atoms with Crippen molar-refractivity contribution < 1.29 is 9.53 Å². The molecule has 132 valence electrons. The van der Waals surface area contributed by atoms with Gasteiger partial charge in [0.05, 0.1) is 24.9 Å². The summed E-state index contributed by atoms with van der Waals surface area (Å²) in [6, 6.07) is 15.5. The van der Waals surface area contributed by atoms with Crippen LogP contribution >= 0.6 is 15.9 Å². The Morgan fingerprint density at radius 1 is 1.19 bits per heavy atom. The summed E-state index contributed by atoms with van der Waals surface area (Å²) in [5, 5.41) is 8.47. The number of carbonyl (C=O) groups excluding carboxylic acids is 1. The largest absolute Gasteiger partial charge is 0.497 e. The lowest BCUT2D eigenvalue weighted by atomic mass is 10.1. The Bertz CT molecular complexity index is 936. The van der Waals surface area contributed by atoms with Crippen molar-refractivity contribution >= 4 is 21.8 Å². The Morgan fingerprint density at radius 3 is 2.69 bits per heavy atom. The molecule has 0 atom stereocenters. The van der Waals surface area contributed by atoms with Crippen molar-refractivity contribution in [1.29, 1.82) is 0 Å². The molecule has 0 N–H and O–H groups in total. The van der Waals surface area contributed by atoms with Crippen molar-refractivity contribution in [3.63, 3.8) is 0 Å². The van der Waals surface area contributed by atoms with Crippen LogP contribution < -0.4 is 4.74 Å². The lowest BCUT2D eigenvalue weighted by molar-refractivity contribution is 0.0497. The van der Waals surface area contributed by atoms with Crippen LogP contribution in [0.3, 0.4) is 0 Å². The monoisotopic (exact) mass is 412 g/mol. The summed E-state index contributed by atoms with van der Waals surface area (Å²) in [5.41, 5.74) is 2.48. The highest BCUT2D eigenvalue weighted by atomic mass is 79.9. The minimum Gasteiger partial charge on any atom is -0.497 e. The molecule has 6 nitrogen and oxygen atoms in total. The number of hydrogen-bond acceptors (Lipinski definition) is 4. The SMILES string of the molecule is COc1ccc(Br)c(C(=O)N2CC(n3cc(-c4ccccc4)nn3)C2)c1. The molecule has 0 bridgehead atoms. The third-order valence-electron chi connectivity index (χ3n) is 4.51. The number of aromatic nitrogens is 3. The number of carbonyl (C=O) groups is 1. The number of ether oxygens (including phenoxy) is 1. The molecule has 0 aliphatic carbocycles. The maximum Gasteiger partial charge on any atom is 0.255 e. The molecule has 1 aliphatic rings. The fourth-order valence-electron chi connectivity index (χ4n) is 2.95. The highest BCUT2D eigenvalue weighted by molar-refractivity contribution is 9.10. The van der Waals surface area contributed by atoms with Crippen LogP contribution in [0.1, 0.15) is 16.4 Å². The van der Waals surface area contributed by atoms with Crippen LogP contribution in [0.15, 0.2) is 59.2 Å². The Balaban J connectivity index is 1.44. The van der Waals surface area contributed by atoms with Gasteiger partial charge in [0.2, 0.25) is 0 Å². The normalized spacial score (nSPS) is 14.2. The molecule has 1 saturated heterocycles. The van der Waals surface area contributed by atoms with E-state index in [9.17, 15) is 4.79 Å². The minimum absolute atomic E-state index is 0.0181. The fourth-order valence-corrected chi connectivity index (χ4v) is 3.37. The first-order valence-corrected chi connectivity index (χ1v) is 9.05. The zero-order valence-electron chi connectivity index (χ0n) is 14.2. The summed E-state index contributed by atoms with van der Waals surface area (Å²) >= 11 is 3.44. The van der Waals surface area contributed by atoms with Crippen LogP contribution in [-0.4, -0.2) is 46.0 Å². The lowest BCUT2D eigenvalue weighted by Gasteiger charge is -2.39. The van der Waals surface area contributed by atoms with E-state index in [1.54, 1.807) is 18.1 Å². The van der Waals surface area contributed by atoms with E-state index in [4.69, 9.17) is 4.74 Å². The summed E-state index contributed by atoms with van der Waals surface area (Å²) in [5.74, 6) is 0.646. The van der Waals surface area contributed by atoms with Gasteiger partial charge in [-0.05, 0) is 34.1 Å². The fraction of sp³-hybridized carbons (Fsp3) is 0.211. The minimum atomic E-state index is -0.0181. The molecule has 1 fully saturated rings. The van der Waals surface area contributed by atoms with Crippen molar-refractivity contribution in [2.24, 2.45) is 0 Å². The summed E-state index contributed by atoms with van der Waals surface area (Å²) < 4.78 is 7.82. The van der Waals surface area contributed by atoms with E-state index >= 15 is 0 Å². The Kier molecular flexibility index (Phi) is 4.46. The van der Waals surface area contributed by atoms with Gasteiger partial charge in [0.25, 0.3) is 5.91 Å². The standard InChI is InChI=1S/C19H17BrN4O2/c1-26-15-7-8-17(20)16(9-15)19(25)23-10-14(11-23)24-12-18(21-22-24)13-5-3-2-4-6-13/h2-9,12,14H,10-11H2,1H3. The molecule has 1 amide bonds. The van der Waals surface area contributed by atoms with Gasteiger partial charge in [-0.3, -0.25) is 4.79 Å². The van der Waals surface area contributed by atoms with E-state index in [0.717, 1.165) is 15.7 Å². The van der Waals surface area contributed by atoms with E-state index in [0.29, 0.717) is 24.4 Å². The van der Waals surface area contributed by atoms with E-state index in [-0.39, 0.29) is 11.9 Å². The average Bonchev–Trinajstić information content (AvgIpc) is 3.11. The molecule has 0 unspecified atom stereocenters. The molecule has 1 aromatic heterocycles. The highest BCUT2D eigenvalue weighted by Crippen LogP contribution is 2.28. The van der Waals surface area contributed by atoms with Crippen LogP contribution in [0.2, 0.25) is 0 Å². The smallest absolute Gasteiger partial charge is 0.255 e. The summed E-state index contributed by atoms with van der Waals surface area (Å²) in [6.45, 7) is 1.22. The zero-order chi connectivity index (χ0) is 18.1. The van der Waals surface area contributed by atoms with Gasteiger partial charge in [-0.1, -0.05) is 35.5 Å². The van der Waals surface area contributed by atoms with Crippen molar-refractivity contribution in [3.05, 3.63) is 64.8 Å². The molecule has 1 aliphatic heterocycles. The second-order valence-corrected chi connectivity index (χ2v) is 7.01. The first-order chi connectivity index (χ1) is 12.7. The van der Waals surface area contributed by atoms with Crippen LogP contribution in [0.4, 0.5) is 0 Å². The van der Waals surface area contributed by atoms with E-state index < -0.39 is 0 Å². The number of benzene rings is 2. The highest BCUT2D eigenvalue weighted by Gasteiger charge is 2.34. The molecule has 3 aromatic rings.